The van der Waals surface area contributed by atoms with Gasteiger partial charge in [0.1, 0.15) is 0 Å². The number of morpholine rings is 1. The maximum absolute atomic E-state index is 6.59. The fourth-order valence-corrected chi connectivity index (χ4v) is 4.33. The van der Waals surface area contributed by atoms with Gasteiger partial charge in [0.15, 0.2) is 0 Å². The van der Waals surface area contributed by atoms with Crippen molar-refractivity contribution in [1.29, 1.82) is 0 Å². The molecule has 0 radical (unpaired) electrons. The first kappa shape index (κ1) is 13.8. The highest BCUT2D eigenvalue weighted by molar-refractivity contribution is 4.92. The van der Waals surface area contributed by atoms with Crippen LogP contribution < -0.4 is 5.73 Å². The number of hydrogen-bond acceptors (Lipinski definition) is 3. The molecule has 19 heavy (non-hydrogen) atoms. The van der Waals surface area contributed by atoms with Gasteiger partial charge in [-0.1, -0.05) is 32.1 Å². The van der Waals surface area contributed by atoms with Crippen LogP contribution in [0, 0.1) is 0 Å². The van der Waals surface area contributed by atoms with Crippen molar-refractivity contribution in [2.24, 2.45) is 5.73 Å². The summed E-state index contributed by atoms with van der Waals surface area (Å²) in [5, 5.41) is 0. The summed E-state index contributed by atoms with van der Waals surface area (Å²) < 4.78 is 5.96. The molecule has 3 aliphatic rings. The topological polar surface area (TPSA) is 38.5 Å². The maximum atomic E-state index is 6.59. The minimum absolute atomic E-state index is 0.140. The van der Waals surface area contributed by atoms with E-state index in [2.05, 4.69) is 4.90 Å². The third-order valence-electron chi connectivity index (χ3n) is 5.59. The lowest BCUT2D eigenvalue weighted by Crippen LogP contribution is -2.54. The smallest absolute Gasteiger partial charge is 0.0730 e. The summed E-state index contributed by atoms with van der Waals surface area (Å²) in [6.07, 6.45) is 13.6. The van der Waals surface area contributed by atoms with Gasteiger partial charge in [-0.2, -0.15) is 0 Å². The van der Waals surface area contributed by atoms with Crippen LogP contribution >= 0.6 is 0 Å². The molecule has 1 heterocycles. The lowest BCUT2D eigenvalue weighted by molar-refractivity contribution is -0.0897. The van der Waals surface area contributed by atoms with E-state index in [1.54, 1.807) is 0 Å². The molecule has 0 bridgehead atoms. The highest BCUT2D eigenvalue weighted by atomic mass is 16.5. The van der Waals surface area contributed by atoms with Gasteiger partial charge in [-0.25, -0.2) is 0 Å². The Labute approximate surface area is 117 Å². The highest BCUT2D eigenvalue weighted by Crippen LogP contribution is 2.32. The van der Waals surface area contributed by atoms with Crippen molar-refractivity contribution in [3.05, 3.63) is 0 Å². The van der Waals surface area contributed by atoms with Crippen LogP contribution in [0.3, 0.4) is 0 Å². The van der Waals surface area contributed by atoms with E-state index in [0.717, 1.165) is 13.2 Å². The van der Waals surface area contributed by atoms with Crippen LogP contribution in [0.25, 0.3) is 0 Å². The second kappa shape index (κ2) is 6.11. The minimum Gasteiger partial charge on any atom is -0.375 e. The summed E-state index contributed by atoms with van der Waals surface area (Å²) in [6, 6.07) is 0.690. The van der Waals surface area contributed by atoms with Gasteiger partial charge in [-0.3, -0.25) is 4.90 Å². The van der Waals surface area contributed by atoms with Crippen LogP contribution in [-0.4, -0.2) is 42.3 Å². The molecule has 3 nitrogen and oxygen atoms in total. The molecule has 3 heteroatoms. The van der Waals surface area contributed by atoms with Crippen LogP contribution in [-0.2, 0) is 4.74 Å². The molecule has 3 fully saturated rings. The van der Waals surface area contributed by atoms with Crippen molar-refractivity contribution in [2.75, 3.05) is 19.7 Å². The largest absolute Gasteiger partial charge is 0.375 e. The quantitative estimate of drug-likeness (QED) is 0.853. The first-order valence-electron chi connectivity index (χ1n) is 8.41. The second-order valence-electron chi connectivity index (χ2n) is 6.97. The number of hydrogen-bond donors (Lipinski definition) is 1. The van der Waals surface area contributed by atoms with E-state index in [4.69, 9.17) is 10.5 Å². The molecule has 0 aromatic heterocycles. The van der Waals surface area contributed by atoms with Crippen molar-refractivity contribution in [3.8, 4) is 0 Å². The standard InChI is InChI=1S/C16H30N2O/c17-16(8-4-1-5-9-16)10-11-18-12-13-19-15-7-3-2-6-14(15)18/h14-15H,1-13,17H2. The van der Waals surface area contributed by atoms with Crippen molar-refractivity contribution in [2.45, 2.75) is 81.9 Å². The van der Waals surface area contributed by atoms with E-state index in [1.807, 2.05) is 0 Å². The summed E-state index contributed by atoms with van der Waals surface area (Å²) in [4.78, 5) is 2.69. The average Bonchev–Trinajstić information content (AvgIpc) is 2.46. The highest BCUT2D eigenvalue weighted by Gasteiger charge is 2.35. The van der Waals surface area contributed by atoms with E-state index in [9.17, 15) is 0 Å². The lowest BCUT2D eigenvalue weighted by Gasteiger charge is -2.45. The van der Waals surface area contributed by atoms with Gasteiger partial charge in [0, 0.05) is 24.7 Å². The van der Waals surface area contributed by atoms with E-state index in [1.165, 1.54) is 70.8 Å². The predicted molar refractivity (Wildman–Crippen MR) is 78.2 cm³/mol. The zero-order chi connectivity index (χ0) is 13.1. The third-order valence-corrected chi connectivity index (χ3v) is 5.59. The van der Waals surface area contributed by atoms with Crippen LogP contribution in [0.2, 0.25) is 0 Å². The number of ether oxygens (including phenoxy) is 1. The zero-order valence-corrected chi connectivity index (χ0v) is 12.3. The van der Waals surface area contributed by atoms with Gasteiger partial charge in [0.2, 0.25) is 0 Å². The fraction of sp³-hybridized carbons (Fsp3) is 1.00. The monoisotopic (exact) mass is 266 g/mol. The van der Waals surface area contributed by atoms with Crippen molar-refractivity contribution >= 4 is 0 Å². The summed E-state index contributed by atoms with van der Waals surface area (Å²) >= 11 is 0. The molecule has 2 N–H and O–H groups in total. The minimum atomic E-state index is 0.140. The Kier molecular flexibility index (Phi) is 4.45. The number of fused-ring (bicyclic) bond motifs is 1. The lowest BCUT2D eigenvalue weighted by atomic mass is 9.80. The molecule has 2 unspecified atom stereocenters. The molecule has 2 atom stereocenters. The van der Waals surface area contributed by atoms with Crippen molar-refractivity contribution in [1.82, 2.24) is 4.90 Å². The normalized spacial score (nSPS) is 35.8. The Morgan fingerprint density at radius 2 is 1.84 bits per heavy atom. The summed E-state index contributed by atoms with van der Waals surface area (Å²) in [6.45, 7) is 3.25. The molecule has 0 spiro atoms. The molecule has 110 valence electrons. The SMILES string of the molecule is NC1(CCN2CCOC3CCCCC32)CCCCC1. The Bertz CT molecular complexity index is 286. The summed E-state index contributed by atoms with van der Waals surface area (Å²) in [7, 11) is 0. The first-order valence-corrected chi connectivity index (χ1v) is 8.41. The molecule has 1 saturated heterocycles. The molecule has 1 aliphatic heterocycles. The Balaban J connectivity index is 1.53. The first-order chi connectivity index (χ1) is 9.27. The summed E-state index contributed by atoms with van der Waals surface area (Å²) in [5.41, 5.74) is 6.73. The van der Waals surface area contributed by atoms with Crippen LogP contribution in [0.15, 0.2) is 0 Å². The molecule has 0 aromatic rings. The number of nitrogens with zero attached hydrogens (tertiary/aromatic N) is 1. The van der Waals surface area contributed by atoms with Crippen molar-refractivity contribution < 1.29 is 4.74 Å². The van der Waals surface area contributed by atoms with E-state index in [-0.39, 0.29) is 5.54 Å². The van der Waals surface area contributed by atoms with E-state index < -0.39 is 0 Å². The van der Waals surface area contributed by atoms with E-state index >= 15 is 0 Å². The molecular formula is C16H30N2O. The van der Waals surface area contributed by atoms with Gasteiger partial charge in [-0.15, -0.1) is 0 Å². The van der Waals surface area contributed by atoms with Gasteiger partial charge in [-0.05, 0) is 32.1 Å². The van der Waals surface area contributed by atoms with Gasteiger partial charge >= 0.3 is 0 Å². The van der Waals surface area contributed by atoms with Gasteiger partial charge in [0.05, 0.1) is 12.7 Å². The van der Waals surface area contributed by atoms with Gasteiger partial charge < -0.3 is 10.5 Å². The Morgan fingerprint density at radius 3 is 2.68 bits per heavy atom. The van der Waals surface area contributed by atoms with Crippen LogP contribution in [0.5, 0.6) is 0 Å². The van der Waals surface area contributed by atoms with Crippen molar-refractivity contribution in [3.63, 3.8) is 0 Å². The Hall–Kier alpha value is -0.120. The van der Waals surface area contributed by atoms with Crippen LogP contribution in [0.4, 0.5) is 0 Å². The average molecular weight is 266 g/mol. The number of nitrogens with two attached hydrogens (primary N) is 1. The van der Waals surface area contributed by atoms with Crippen LogP contribution in [0.1, 0.15) is 64.2 Å². The predicted octanol–water partition coefficient (Wildman–Crippen LogP) is 2.68. The Morgan fingerprint density at radius 1 is 1.05 bits per heavy atom. The third kappa shape index (κ3) is 3.32. The maximum Gasteiger partial charge on any atom is 0.0730 e. The summed E-state index contributed by atoms with van der Waals surface area (Å²) in [5.74, 6) is 0. The van der Waals surface area contributed by atoms with E-state index in [0.29, 0.717) is 12.1 Å². The molecule has 0 amide bonds. The second-order valence-corrected chi connectivity index (χ2v) is 6.97. The fourth-order valence-electron chi connectivity index (χ4n) is 4.33. The molecule has 0 aromatic carbocycles. The molecule has 3 rings (SSSR count). The van der Waals surface area contributed by atoms with Gasteiger partial charge in [0.25, 0.3) is 0 Å². The molecular weight excluding hydrogens is 236 g/mol. The zero-order valence-electron chi connectivity index (χ0n) is 12.3. The molecule has 2 aliphatic carbocycles. The molecule has 2 saturated carbocycles. The number of rotatable bonds is 3.